The van der Waals surface area contributed by atoms with Crippen LogP contribution in [0.3, 0.4) is 0 Å². The van der Waals surface area contributed by atoms with Crippen molar-refractivity contribution < 1.29 is 19.4 Å². The number of aromatic nitrogens is 1. The second-order valence-electron chi connectivity index (χ2n) is 4.39. The monoisotopic (exact) mass is 318 g/mol. The number of hydrogen-bond donors (Lipinski definition) is 2. The third-order valence-corrected chi connectivity index (χ3v) is 3.57. The minimum Gasteiger partial charge on any atom is -0.497 e. The third kappa shape index (κ3) is 3.92. The van der Waals surface area contributed by atoms with Crippen molar-refractivity contribution in [2.24, 2.45) is 0 Å². The molecule has 2 rings (SSSR count). The van der Waals surface area contributed by atoms with Crippen molar-refractivity contribution in [3.05, 3.63) is 41.3 Å². The number of carbonyl (C=O) groups is 2. The number of anilines is 1. The molecule has 0 unspecified atom stereocenters. The van der Waals surface area contributed by atoms with Crippen molar-refractivity contribution in [3.8, 4) is 17.0 Å². The van der Waals surface area contributed by atoms with Crippen LogP contribution in [-0.4, -0.2) is 29.1 Å². The van der Waals surface area contributed by atoms with Gasteiger partial charge in [0.2, 0.25) is 0 Å². The maximum absolute atomic E-state index is 11.8. The zero-order valence-corrected chi connectivity index (χ0v) is 12.8. The summed E-state index contributed by atoms with van der Waals surface area (Å²) in [6, 6.07) is 7.39. The molecule has 1 amide bonds. The highest BCUT2D eigenvalue weighted by Gasteiger charge is 2.10. The summed E-state index contributed by atoms with van der Waals surface area (Å²) >= 11 is 1.27. The van der Waals surface area contributed by atoms with Crippen LogP contribution in [0.1, 0.15) is 6.92 Å². The van der Waals surface area contributed by atoms with Crippen LogP contribution in [0.25, 0.3) is 11.3 Å². The molecule has 22 heavy (non-hydrogen) atoms. The molecule has 0 aliphatic heterocycles. The predicted octanol–water partition coefficient (Wildman–Crippen LogP) is 2.79. The zero-order valence-electron chi connectivity index (χ0n) is 12.0. The van der Waals surface area contributed by atoms with Crippen LogP contribution in [0.15, 0.2) is 41.3 Å². The zero-order chi connectivity index (χ0) is 16.1. The van der Waals surface area contributed by atoms with Gasteiger partial charge in [0.15, 0.2) is 5.13 Å². The van der Waals surface area contributed by atoms with Crippen molar-refractivity contribution in [1.29, 1.82) is 0 Å². The van der Waals surface area contributed by atoms with Crippen LogP contribution in [0, 0.1) is 0 Å². The van der Waals surface area contributed by atoms with Gasteiger partial charge in [-0.25, -0.2) is 9.78 Å². The Morgan fingerprint density at radius 3 is 2.59 bits per heavy atom. The van der Waals surface area contributed by atoms with Crippen LogP contribution in [0.2, 0.25) is 0 Å². The number of hydrogen-bond acceptors (Lipinski definition) is 5. The molecule has 1 aromatic carbocycles. The van der Waals surface area contributed by atoms with Gasteiger partial charge in [-0.2, -0.15) is 0 Å². The fraction of sp³-hybridized carbons (Fsp3) is 0.133. The van der Waals surface area contributed by atoms with E-state index in [9.17, 15) is 9.59 Å². The number of rotatable bonds is 5. The molecular formula is C15H14N2O4S. The van der Waals surface area contributed by atoms with Crippen molar-refractivity contribution in [1.82, 2.24) is 4.98 Å². The molecule has 0 atom stereocenters. The van der Waals surface area contributed by atoms with E-state index in [2.05, 4.69) is 10.3 Å². The van der Waals surface area contributed by atoms with Gasteiger partial charge in [0.1, 0.15) is 5.75 Å². The summed E-state index contributed by atoms with van der Waals surface area (Å²) in [5.41, 5.74) is 1.73. The van der Waals surface area contributed by atoms with Gasteiger partial charge >= 0.3 is 5.97 Å². The van der Waals surface area contributed by atoms with Crippen molar-refractivity contribution >= 4 is 28.3 Å². The molecule has 0 spiro atoms. The van der Waals surface area contributed by atoms with Crippen molar-refractivity contribution in [2.45, 2.75) is 6.92 Å². The van der Waals surface area contributed by atoms with Crippen LogP contribution in [-0.2, 0) is 9.59 Å². The standard InChI is InChI=1S/C15H14N2O4S/c1-9(7-13(18)19)14(20)17-15-16-12(8-22-15)10-3-5-11(21-2)6-4-10/h3-8H,1-2H3,(H,18,19)(H,16,17,20). The van der Waals surface area contributed by atoms with E-state index in [1.807, 2.05) is 29.6 Å². The quantitative estimate of drug-likeness (QED) is 0.828. The molecule has 1 aromatic heterocycles. The first-order valence-corrected chi connectivity index (χ1v) is 7.20. The lowest BCUT2D eigenvalue weighted by Gasteiger charge is -2.01. The van der Waals surface area contributed by atoms with Gasteiger partial charge in [0.25, 0.3) is 5.91 Å². The molecule has 0 bridgehead atoms. The Balaban J connectivity index is 2.11. The number of nitrogens with zero attached hydrogens (tertiary/aromatic N) is 1. The lowest BCUT2D eigenvalue weighted by Crippen LogP contribution is -2.13. The summed E-state index contributed by atoms with van der Waals surface area (Å²) in [5, 5.41) is 13.4. The SMILES string of the molecule is COc1ccc(-c2csc(NC(=O)C(C)=CC(=O)O)n2)cc1. The van der Waals surface area contributed by atoms with Crippen LogP contribution >= 0.6 is 11.3 Å². The van der Waals surface area contributed by atoms with Gasteiger partial charge < -0.3 is 9.84 Å². The lowest BCUT2D eigenvalue weighted by atomic mass is 10.2. The molecule has 0 fully saturated rings. The fourth-order valence-electron chi connectivity index (χ4n) is 1.67. The summed E-state index contributed by atoms with van der Waals surface area (Å²) in [5.74, 6) is -0.898. The normalized spacial score (nSPS) is 11.1. The molecule has 7 heteroatoms. The number of methoxy groups -OCH3 is 1. The van der Waals surface area contributed by atoms with Crippen LogP contribution in [0.4, 0.5) is 5.13 Å². The number of amides is 1. The minimum atomic E-state index is -1.16. The molecule has 0 radical (unpaired) electrons. The second-order valence-corrected chi connectivity index (χ2v) is 5.24. The molecule has 1 heterocycles. The second kappa shape index (κ2) is 6.86. The molecule has 114 valence electrons. The van der Waals surface area contributed by atoms with E-state index >= 15 is 0 Å². The van der Waals surface area contributed by atoms with Gasteiger partial charge in [-0.15, -0.1) is 11.3 Å². The van der Waals surface area contributed by atoms with Gasteiger partial charge in [-0.05, 0) is 31.2 Å². The van der Waals surface area contributed by atoms with E-state index in [-0.39, 0.29) is 5.57 Å². The fourth-order valence-corrected chi connectivity index (χ4v) is 2.39. The van der Waals surface area contributed by atoms with Crippen LogP contribution in [0.5, 0.6) is 5.75 Å². The van der Waals surface area contributed by atoms with Gasteiger partial charge in [-0.1, -0.05) is 0 Å². The van der Waals surface area contributed by atoms with E-state index in [0.29, 0.717) is 5.13 Å². The Labute approximate surface area is 131 Å². The largest absolute Gasteiger partial charge is 0.497 e. The summed E-state index contributed by atoms with van der Waals surface area (Å²) in [6.45, 7) is 1.43. The molecule has 6 nitrogen and oxygen atoms in total. The molecule has 0 aliphatic carbocycles. The van der Waals surface area contributed by atoms with Crippen LogP contribution < -0.4 is 10.1 Å². The Kier molecular flexibility index (Phi) is 4.90. The molecular weight excluding hydrogens is 304 g/mol. The van der Waals surface area contributed by atoms with Crippen molar-refractivity contribution in [3.63, 3.8) is 0 Å². The highest BCUT2D eigenvalue weighted by molar-refractivity contribution is 7.14. The molecule has 0 saturated heterocycles. The number of carboxylic acid groups (broad SMARTS) is 1. The van der Waals surface area contributed by atoms with E-state index in [0.717, 1.165) is 23.1 Å². The lowest BCUT2D eigenvalue weighted by molar-refractivity contribution is -0.131. The first-order valence-electron chi connectivity index (χ1n) is 6.32. The minimum absolute atomic E-state index is 0.105. The first kappa shape index (κ1) is 15.7. The number of ether oxygens (including phenoxy) is 1. The van der Waals surface area contributed by atoms with Gasteiger partial charge in [-0.3, -0.25) is 10.1 Å². The summed E-state index contributed by atoms with van der Waals surface area (Å²) in [4.78, 5) is 26.6. The number of nitrogens with one attached hydrogen (secondary N) is 1. The maximum Gasteiger partial charge on any atom is 0.328 e. The molecule has 0 aliphatic rings. The Morgan fingerprint density at radius 2 is 2.00 bits per heavy atom. The average molecular weight is 318 g/mol. The molecule has 2 N–H and O–H groups in total. The highest BCUT2D eigenvalue weighted by atomic mass is 32.1. The van der Waals surface area contributed by atoms with Crippen molar-refractivity contribution in [2.75, 3.05) is 12.4 Å². The van der Waals surface area contributed by atoms with E-state index in [4.69, 9.17) is 9.84 Å². The Bertz CT molecular complexity index is 719. The summed E-state index contributed by atoms with van der Waals surface area (Å²) in [7, 11) is 1.60. The van der Waals surface area contributed by atoms with E-state index in [1.54, 1.807) is 7.11 Å². The smallest absolute Gasteiger partial charge is 0.328 e. The molecule has 2 aromatic rings. The van der Waals surface area contributed by atoms with Gasteiger partial charge in [0, 0.05) is 22.6 Å². The van der Waals surface area contributed by atoms with E-state index in [1.165, 1.54) is 18.3 Å². The van der Waals surface area contributed by atoms with E-state index < -0.39 is 11.9 Å². The van der Waals surface area contributed by atoms with Gasteiger partial charge in [0.05, 0.1) is 12.8 Å². The first-order chi connectivity index (χ1) is 10.5. The average Bonchev–Trinajstić information content (AvgIpc) is 2.95. The number of benzene rings is 1. The molecule has 0 saturated carbocycles. The number of thiazole rings is 1. The topological polar surface area (TPSA) is 88.5 Å². The number of carboxylic acids is 1. The Morgan fingerprint density at radius 1 is 1.32 bits per heavy atom. The Hall–Kier alpha value is -2.67. The summed E-state index contributed by atoms with van der Waals surface area (Å²) < 4.78 is 5.09. The predicted molar refractivity (Wildman–Crippen MR) is 84.1 cm³/mol. The highest BCUT2D eigenvalue weighted by Crippen LogP contribution is 2.26. The third-order valence-electron chi connectivity index (χ3n) is 2.81. The maximum atomic E-state index is 11.8. The number of aliphatic carboxylic acids is 1. The summed E-state index contributed by atoms with van der Waals surface area (Å²) in [6.07, 6.45) is 0.854. The number of carbonyl (C=O) groups excluding carboxylic acids is 1.